The van der Waals surface area contributed by atoms with Gasteiger partial charge < -0.3 is 10.6 Å². The second kappa shape index (κ2) is 7.50. The van der Waals surface area contributed by atoms with Crippen LogP contribution in [0.2, 0.25) is 0 Å². The molecule has 2 heterocycles. The largest absolute Gasteiger partial charge is 0.314 e. The van der Waals surface area contributed by atoms with Crippen molar-refractivity contribution in [1.82, 2.24) is 10.6 Å². The Bertz CT molecular complexity index is 437. The third-order valence-electron chi connectivity index (χ3n) is 9.22. The van der Waals surface area contributed by atoms with Crippen molar-refractivity contribution in [1.29, 1.82) is 0 Å². The van der Waals surface area contributed by atoms with Gasteiger partial charge in [0.25, 0.3) is 0 Å². The quantitative estimate of drug-likeness (QED) is 0.756. The lowest BCUT2D eigenvalue weighted by Gasteiger charge is -2.52. The van der Waals surface area contributed by atoms with Gasteiger partial charge in [-0.15, -0.1) is 0 Å². The van der Waals surface area contributed by atoms with Crippen LogP contribution in [0.3, 0.4) is 0 Å². The molecule has 5 rings (SSSR count). The van der Waals surface area contributed by atoms with E-state index in [1.807, 2.05) is 0 Å². The van der Waals surface area contributed by atoms with Crippen molar-refractivity contribution >= 4 is 0 Å². The van der Waals surface area contributed by atoms with E-state index in [1.54, 1.807) is 38.5 Å². The molecule has 0 bridgehead atoms. The lowest BCUT2D eigenvalue weighted by Crippen LogP contribution is -2.48. The molecule has 0 radical (unpaired) electrons. The Kier molecular flexibility index (Phi) is 5.12. The predicted octanol–water partition coefficient (Wildman–Crippen LogP) is 4.74. The molecule has 5 fully saturated rings. The molecule has 0 aromatic rings. The van der Waals surface area contributed by atoms with Crippen LogP contribution in [-0.4, -0.2) is 25.2 Å². The summed E-state index contributed by atoms with van der Waals surface area (Å²) in [6.07, 6.45) is 19.7. The van der Waals surface area contributed by atoms with Crippen molar-refractivity contribution in [2.24, 2.45) is 35.5 Å². The maximum Gasteiger partial charge on any atom is 0.00959 e. The second-order valence-corrected chi connectivity index (χ2v) is 10.3. The van der Waals surface area contributed by atoms with Gasteiger partial charge in [0.15, 0.2) is 0 Å². The lowest BCUT2D eigenvalue weighted by molar-refractivity contribution is -0.0163. The summed E-state index contributed by atoms with van der Waals surface area (Å²) >= 11 is 0. The second-order valence-electron chi connectivity index (χ2n) is 10.3. The molecule has 8 atom stereocenters. The summed E-state index contributed by atoms with van der Waals surface area (Å²) in [7, 11) is 0. The van der Waals surface area contributed by atoms with Crippen molar-refractivity contribution in [2.75, 3.05) is 13.1 Å². The van der Waals surface area contributed by atoms with E-state index in [1.165, 1.54) is 58.0 Å². The Hall–Kier alpha value is -0.0800. The van der Waals surface area contributed by atoms with Gasteiger partial charge in [0, 0.05) is 12.1 Å². The number of rotatable bonds is 2. The molecule has 2 N–H and O–H groups in total. The van der Waals surface area contributed by atoms with E-state index in [-0.39, 0.29) is 0 Å². The van der Waals surface area contributed by atoms with Gasteiger partial charge in [0.05, 0.1) is 0 Å². The van der Waals surface area contributed by atoms with Gasteiger partial charge in [-0.1, -0.05) is 6.42 Å². The van der Waals surface area contributed by atoms with Gasteiger partial charge >= 0.3 is 0 Å². The van der Waals surface area contributed by atoms with E-state index in [0.717, 1.165) is 47.6 Å². The molecule has 3 saturated carbocycles. The molecule has 2 nitrogen and oxygen atoms in total. The van der Waals surface area contributed by atoms with Crippen LogP contribution in [0.1, 0.15) is 83.5 Å². The zero-order valence-electron chi connectivity index (χ0n) is 16.2. The fourth-order valence-electron chi connectivity index (χ4n) is 7.92. The molecule has 7 unspecified atom stereocenters. The van der Waals surface area contributed by atoms with E-state index < -0.39 is 0 Å². The van der Waals surface area contributed by atoms with Crippen molar-refractivity contribution in [3.63, 3.8) is 0 Å². The molecule has 25 heavy (non-hydrogen) atoms. The fraction of sp³-hybridized carbons (Fsp3) is 1.00. The maximum atomic E-state index is 3.90. The molecule has 0 aromatic heterocycles. The van der Waals surface area contributed by atoms with Crippen LogP contribution in [-0.2, 0) is 0 Å². The van der Waals surface area contributed by atoms with Crippen LogP contribution in [0.25, 0.3) is 0 Å². The summed E-state index contributed by atoms with van der Waals surface area (Å²) < 4.78 is 0. The standard InChI is InChI=1S/C23H40N2/c1-2-12-24-22(4-1)18-10-8-16-6-7-17-9-11-19(23-5-3-13-25-23)15-21(17)20(16)14-18/h16-25H,1-15H2/t16?,17?,18?,19?,20?,21?,22?,23-/m0/s1. The Morgan fingerprint density at radius 3 is 1.40 bits per heavy atom. The monoisotopic (exact) mass is 344 g/mol. The topological polar surface area (TPSA) is 24.1 Å². The smallest absolute Gasteiger partial charge is 0.00959 e. The number of piperidine rings is 1. The molecule has 142 valence electrons. The molecule has 2 heteroatoms. The maximum absolute atomic E-state index is 3.90. The minimum atomic E-state index is 0.867. The zero-order chi connectivity index (χ0) is 16.6. The summed E-state index contributed by atoms with van der Waals surface area (Å²) in [6, 6.07) is 1.74. The minimum Gasteiger partial charge on any atom is -0.314 e. The van der Waals surface area contributed by atoms with Crippen LogP contribution in [0, 0.1) is 35.5 Å². The van der Waals surface area contributed by atoms with Gasteiger partial charge in [-0.3, -0.25) is 0 Å². The van der Waals surface area contributed by atoms with Crippen LogP contribution in [0.15, 0.2) is 0 Å². The Morgan fingerprint density at radius 1 is 0.440 bits per heavy atom. The number of nitrogens with one attached hydrogen (secondary N) is 2. The summed E-state index contributed by atoms with van der Waals surface area (Å²) in [4.78, 5) is 0. The first-order chi connectivity index (χ1) is 12.4. The first-order valence-corrected chi connectivity index (χ1v) is 11.9. The van der Waals surface area contributed by atoms with Crippen molar-refractivity contribution in [3.8, 4) is 0 Å². The average Bonchev–Trinajstić information content (AvgIpc) is 3.22. The van der Waals surface area contributed by atoms with Crippen LogP contribution < -0.4 is 10.6 Å². The van der Waals surface area contributed by atoms with Crippen molar-refractivity contribution in [3.05, 3.63) is 0 Å². The molecule has 0 spiro atoms. The first kappa shape index (κ1) is 17.0. The molecule has 2 saturated heterocycles. The summed E-state index contributed by atoms with van der Waals surface area (Å²) in [6.45, 7) is 2.58. The van der Waals surface area contributed by atoms with Crippen LogP contribution >= 0.6 is 0 Å². The third kappa shape index (κ3) is 3.43. The summed E-state index contributed by atoms with van der Waals surface area (Å²) in [5.41, 5.74) is 0. The number of fused-ring (bicyclic) bond motifs is 3. The molecule has 0 aromatic carbocycles. The molecule has 5 aliphatic rings. The number of hydrogen-bond donors (Lipinski definition) is 2. The Morgan fingerprint density at radius 2 is 0.920 bits per heavy atom. The summed E-state index contributed by atoms with van der Waals surface area (Å²) in [5.74, 6) is 6.38. The fourth-order valence-corrected chi connectivity index (χ4v) is 7.92. The Balaban J connectivity index is 1.27. The summed E-state index contributed by atoms with van der Waals surface area (Å²) in [5, 5.41) is 7.74. The van der Waals surface area contributed by atoms with E-state index in [0.29, 0.717) is 0 Å². The first-order valence-electron chi connectivity index (χ1n) is 11.9. The van der Waals surface area contributed by atoms with E-state index in [2.05, 4.69) is 10.6 Å². The highest BCUT2D eigenvalue weighted by Gasteiger charge is 2.46. The number of hydrogen-bond acceptors (Lipinski definition) is 2. The molecule has 2 aliphatic heterocycles. The van der Waals surface area contributed by atoms with Crippen LogP contribution in [0.5, 0.6) is 0 Å². The lowest BCUT2D eigenvalue weighted by atomic mass is 9.54. The Labute approximate surface area is 155 Å². The van der Waals surface area contributed by atoms with Crippen molar-refractivity contribution in [2.45, 2.75) is 95.6 Å². The molecule has 3 aliphatic carbocycles. The highest BCUT2D eigenvalue weighted by molar-refractivity contribution is 4.98. The third-order valence-corrected chi connectivity index (χ3v) is 9.22. The van der Waals surface area contributed by atoms with Crippen LogP contribution in [0.4, 0.5) is 0 Å². The van der Waals surface area contributed by atoms with Gasteiger partial charge in [-0.2, -0.15) is 0 Å². The molecule has 0 amide bonds. The SMILES string of the molecule is C1CCC(C2CCC3CCC4CCC([C@@H]5CCCN5)CC4C3C2)NC1. The van der Waals surface area contributed by atoms with E-state index in [9.17, 15) is 0 Å². The highest BCUT2D eigenvalue weighted by Crippen LogP contribution is 2.54. The van der Waals surface area contributed by atoms with Gasteiger partial charge in [-0.05, 0) is 126 Å². The normalized spacial score (nSPS) is 50.9. The van der Waals surface area contributed by atoms with Gasteiger partial charge in [0.2, 0.25) is 0 Å². The molecular weight excluding hydrogens is 304 g/mol. The zero-order valence-corrected chi connectivity index (χ0v) is 16.2. The van der Waals surface area contributed by atoms with Gasteiger partial charge in [0.1, 0.15) is 0 Å². The van der Waals surface area contributed by atoms with E-state index >= 15 is 0 Å². The average molecular weight is 345 g/mol. The van der Waals surface area contributed by atoms with Crippen molar-refractivity contribution < 1.29 is 0 Å². The van der Waals surface area contributed by atoms with E-state index in [4.69, 9.17) is 0 Å². The molecular formula is C23H40N2. The highest BCUT2D eigenvalue weighted by atomic mass is 14.9. The van der Waals surface area contributed by atoms with Gasteiger partial charge in [-0.25, -0.2) is 0 Å². The minimum absolute atomic E-state index is 0.867. The predicted molar refractivity (Wildman–Crippen MR) is 105 cm³/mol.